The summed E-state index contributed by atoms with van der Waals surface area (Å²) < 4.78 is 99.4. The first-order chi connectivity index (χ1) is 16.4. The standard InChI is InChI=1S/C25H21F7N2O/c1-15(17-10-18(24(27,28)29)12-19(11-17)25(30,31)32)35-22-14-34(23-4-2-3-9-33-23)13-21(22)16-5-7-20(26)8-6-16/h2-12,15,21-22H,13-14H2,1H3. The van der Waals surface area contributed by atoms with Crippen LogP contribution in [0, 0.1) is 5.82 Å². The fraction of sp³-hybridized carbons (Fsp3) is 0.320. The number of pyridine rings is 1. The van der Waals surface area contributed by atoms with Gasteiger partial charge in [-0.1, -0.05) is 18.2 Å². The molecule has 1 aliphatic rings. The van der Waals surface area contributed by atoms with Gasteiger partial charge in [0.05, 0.1) is 23.3 Å². The van der Waals surface area contributed by atoms with Crippen molar-refractivity contribution in [1.82, 2.24) is 4.98 Å². The van der Waals surface area contributed by atoms with Crippen LogP contribution >= 0.6 is 0 Å². The molecule has 1 saturated heterocycles. The Morgan fingerprint density at radius 1 is 0.886 bits per heavy atom. The van der Waals surface area contributed by atoms with Crippen molar-refractivity contribution < 1.29 is 35.5 Å². The van der Waals surface area contributed by atoms with Gasteiger partial charge in [-0.15, -0.1) is 0 Å². The molecular formula is C25H21F7N2O. The first-order valence-corrected chi connectivity index (χ1v) is 10.8. The van der Waals surface area contributed by atoms with Crippen LogP contribution in [0.15, 0.2) is 66.9 Å². The van der Waals surface area contributed by atoms with Gasteiger partial charge in [-0.05, 0) is 60.5 Å². The first kappa shape index (κ1) is 25.0. The van der Waals surface area contributed by atoms with Crippen LogP contribution in [0.5, 0.6) is 0 Å². The maximum Gasteiger partial charge on any atom is 0.416 e. The molecule has 3 aromatic rings. The molecule has 35 heavy (non-hydrogen) atoms. The molecule has 10 heteroatoms. The van der Waals surface area contributed by atoms with Crippen molar-refractivity contribution in [1.29, 1.82) is 0 Å². The monoisotopic (exact) mass is 498 g/mol. The van der Waals surface area contributed by atoms with E-state index < -0.39 is 41.5 Å². The molecule has 4 rings (SSSR count). The van der Waals surface area contributed by atoms with E-state index in [-0.39, 0.29) is 17.5 Å². The van der Waals surface area contributed by atoms with E-state index in [1.807, 2.05) is 4.90 Å². The molecule has 0 spiro atoms. The number of ether oxygens (including phenoxy) is 1. The fourth-order valence-corrected chi connectivity index (χ4v) is 4.22. The summed E-state index contributed by atoms with van der Waals surface area (Å²) in [5.41, 5.74) is -2.29. The van der Waals surface area contributed by atoms with Crippen molar-refractivity contribution in [2.24, 2.45) is 0 Å². The van der Waals surface area contributed by atoms with Crippen LogP contribution in [-0.2, 0) is 17.1 Å². The summed E-state index contributed by atoms with van der Waals surface area (Å²) in [4.78, 5) is 6.23. The summed E-state index contributed by atoms with van der Waals surface area (Å²) in [6, 6.07) is 12.6. The van der Waals surface area contributed by atoms with Crippen molar-refractivity contribution >= 4 is 5.82 Å². The number of hydrogen-bond acceptors (Lipinski definition) is 3. The number of hydrogen-bond donors (Lipinski definition) is 0. The third-order valence-electron chi connectivity index (χ3n) is 6.00. The van der Waals surface area contributed by atoms with Crippen LogP contribution in [0.4, 0.5) is 36.6 Å². The highest BCUT2D eigenvalue weighted by Crippen LogP contribution is 2.40. The predicted molar refractivity (Wildman–Crippen MR) is 115 cm³/mol. The molecule has 3 nitrogen and oxygen atoms in total. The third kappa shape index (κ3) is 5.75. The second-order valence-corrected chi connectivity index (χ2v) is 8.41. The van der Waals surface area contributed by atoms with Crippen LogP contribution in [0.1, 0.15) is 41.2 Å². The van der Waals surface area contributed by atoms with Gasteiger partial charge in [-0.3, -0.25) is 0 Å². The number of nitrogens with zero attached hydrogens (tertiary/aromatic N) is 2. The van der Waals surface area contributed by atoms with Gasteiger partial charge in [0.15, 0.2) is 0 Å². The second kappa shape index (κ2) is 9.49. The maximum atomic E-state index is 13.5. The van der Waals surface area contributed by atoms with E-state index in [0.717, 1.165) is 5.56 Å². The minimum atomic E-state index is -4.95. The van der Waals surface area contributed by atoms with Gasteiger partial charge >= 0.3 is 12.4 Å². The Bertz CT molecular complexity index is 1110. The van der Waals surface area contributed by atoms with Crippen LogP contribution in [-0.4, -0.2) is 24.2 Å². The van der Waals surface area contributed by atoms with E-state index in [4.69, 9.17) is 4.74 Å². The van der Waals surface area contributed by atoms with Gasteiger partial charge in [0, 0.05) is 25.2 Å². The van der Waals surface area contributed by atoms with Gasteiger partial charge in [0.2, 0.25) is 0 Å². The minimum absolute atomic E-state index is 0.0932. The molecule has 2 heterocycles. The summed E-state index contributed by atoms with van der Waals surface area (Å²) in [6.45, 7) is 2.14. The summed E-state index contributed by atoms with van der Waals surface area (Å²) >= 11 is 0. The number of halogens is 7. The summed E-state index contributed by atoms with van der Waals surface area (Å²) in [5.74, 6) is -0.0902. The highest BCUT2D eigenvalue weighted by atomic mass is 19.4. The predicted octanol–water partition coefficient (Wildman–Crippen LogP) is 7.01. The number of rotatable bonds is 5. The molecule has 0 aliphatic carbocycles. The molecule has 186 valence electrons. The zero-order valence-corrected chi connectivity index (χ0v) is 18.4. The van der Waals surface area contributed by atoms with E-state index in [0.29, 0.717) is 31.0 Å². The molecule has 0 amide bonds. The van der Waals surface area contributed by atoms with E-state index in [1.54, 1.807) is 36.5 Å². The Kier molecular flexibility index (Phi) is 6.77. The molecule has 0 bridgehead atoms. The highest BCUT2D eigenvalue weighted by molar-refractivity contribution is 5.42. The van der Waals surface area contributed by atoms with Crippen molar-refractivity contribution in [3.8, 4) is 0 Å². The van der Waals surface area contributed by atoms with E-state index in [1.165, 1.54) is 19.1 Å². The number of anilines is 1. The molecule has 0 saturated carbocycles. The number of aromatic nitrogens is 1. The molecule has 3 unspecified atom stereocenters. The smallest absolute Gasteiger partial charge is 0.368 e. The van der Waals surface area contributed by atoms with Crippen molar-refractivity contribution in [2.45, 2.75) is 37.4 Å². The van der Waals surface area contributed by atoms with Crippen LogP contribution in [0.3, 0.4) is 0 Å². The SMILES string of the molecule is CC(OC1CN(c2ccccn2)CC1c1ccc(F)cc1)c1cc(C(F)(F)F)cc(C(F)(F)F)c1. The zero-order valence-electron chi connectivity index (χ0n) is 18.4. The topological polar surface area (TPSA) is 25.4 Å². The Morgan fingerprint density at radius 3 is 2.06 bits per heavy atom. The van der Waals surface area contributed by atoms with Crippen LogP contribution in [0.2, 0.25) is 0 Å². The minimum Gasteiger partial charge on any atom is -0.368 e. The van der Waals surface area contributed by atoms with E-state index in [9.17, 15) is 30.7 Å². The molecule has 1 aromatic heterocycles. The van der Waals surface area contributed by atoms with Crippen LogP contribution < -0.4 is 4.90 Å². The lowest BCUT2D eigenvalue weighted by molar-refractivity contribution is -0.143. The second-order valence-electron chi connectivity index (χ2n) is 8.41. The van der Waals surface area contributed by atoms with Crippen molar-refractivity contribution in [3.63, 3.8) is 0 Å². The molecule has 0 radical (unpaired) electrons. The van der Waals surface area contributed by atoms with Gasteiger partial charge < -0.3 is 9.64 Å². The number of benzene rings is 2. The van der Waals surface area contributed by atoms with E-state index >= 15 is 0 Å². The highest BCUT2D eigenvalue weighted by Gasteiger charge is 2.39. The van der Waals surface area contributed by atoms with Crippen LogP contribution in [0.25, 0.3) is 0 Å². The zero-order chi connectivity index (χ0) is 25.4. The lowest BCUT2D eigenvalue weighted by Gasteiger charge is -2.25. The van der Waals surface area contributed by atoms with Crippen molar-refractivity contribution in [2.75, 3.05) is 18.0 Å². The van der Waals surface area contributed by atoms with Gasteiger partial charge in [-0.2, -0.15) is 26.3 Å². The Morgan fingerprint density at radius 2 is 1.51 bits per heavy atom. The fourth-order valence-electron chi connectivity index (χ4n) is 4.22. The molecule has 3 atom stereocenters. The Labute approximate surface area is 197 Å². The maximum absolute atomic E-state index is 13.5. The molecular weight excluding hydrogens is 477 g/mol. The molecule has 2 aromatic carbocycles. The Balaban J connectivity index is 1.65. The average molecular weight is 498 g/mol. The molecule has 1 fully saturated rings. The lowest BCUT2D eigenvalue weighted by Crippen LogP contribution is -2.25. The summed E-state index contributed by atoms with van der Waals surface area (Å²) in [6.07, 6.45) is -9.96. The van der Waals surface area contributed by atoms with Gasteiger partial charge in [0.1, 0.15) is 11.6 Å². The van der Waals surface area contributed by atoms with Gasteiger partial charge in [-0.25, -0.2) is 9.37 Å². The van der Waals surface area contributed by atoms with E-state index in [2.05, 4.69) is 4.98 Å². The molecule has 0 N–H and O–H groups in total. The lowest BCUT2D eigenvalue weighted by atomic mass is 9.95. The average Bonchev–Trinajstić information content (AvgIpc) is 3.22. The molecule has 1 aliphatic heterocycles. The number of alkyl halides is 6. The first-order valence-electron chi connectivity index (χ1n) is 10.8. The Hall–Kier alpha value is -3.14. The largest absolute Gasteiger partial charge is 0.416 e. The normalized spacial score (nSPS) is 19.7. The van der Waals surface area contributed by atoms with Crippen molar-refractivity contribution in [3.05, 3.63) is 94.9 Å². The quantitative estimate of drug-likeness (QED) is 0.354. The summed E-state index contributed by atoms with van der Waals surface area (Å²) in [7, 11) is 0. The third-order valence-corrected chi connectivity index (χ3v) is 6.00. The van der Waals surface area contributed by atoms with Gasteiger partial charge in [0.25, 0.3) is 0 Å². The summed E-state index contributed by atoms with van der Waals surface area (Å²) in [5, 5.41) is 0.